The Morgan fingerprint density at radius 2 is 1.57 bits per heavy atom. The van der Waals surface area contributed by atoms with Crippen LogP contribution in [-0.2, 0) is 21.9 Å². The van der Waals surface area contributed by atoms with E-state index in [9.17, 15) is 40.6 Å². The first-order valence-corrected chi connectivity index (χ1v) is 11.0. The van der Waals surface area contributed by atoms with Crippen LogP contribution in [0, 0.1) is 5.82 Å². The molecule has 2 heterocycles. The highest BCUT2D eigenvalue weighted by molar-refractivity contribution is 5.86. The molecule has 0 spiro atoms. The van der Waals surface area contributed by atoms with Gasteiger partial charge in [0.2, 0.25) is 0 Å². The number of ether oxygens (including phenoxy) is 1. The Bertz CT molecular complexity index is 1050. The maximum atomic E-state index is 13.5. The van der Waals surface area contributed by atoms with E-state index >= 15 is 0 Å². The Labute approximate surface area is 196 Å². The molecule has 1 N–H and O–H groups in total. The lowest BCUT2D eigenvalue weighted by Crippen LogP contribution is -2.47. The van der Waals surface area contributed by atoms with Gasteiger partial charge in [-0.05, 0) is 61.2 Å². The number of piperidine rings is 1. The molecule has 11 heteroatoms. The van der Waals surface area contributed by atoms with Crippen LogP contribution in [0.1, 0.15) is 54.0 Å². The van der Waals surface area contributed by atoms with Gasteiger partial charge in [0.25, 0.3) is 5.91 Å². The van der Waals surface area contributed by atoms with Gasteiger partial charge in [0, 0.05) is 12.5 Å². The van der Waals surface area contributed by atoms with Gasteiger partial charge in [0.05, 0.1) is 29.4 Å². The van der Waals surface area contributed by atoms with Gasteiger partial charge in [-0.15, -0.1) is 0 Å². The van der Waals surface area contributed by atoms with E-state index in [-0.39, 0.29) is 6.07 Å². The van der Waals surface area contributed by atoms with Gasteiger partial charge < -0.3 is 14.7 Å². The monoisotopic (exact) mass is 505 g/mol. The lowest BCUT2D eigenvalue weighted by atomic mass is 9.84. The van der Waals surface area contributed by atoms with Crippen molar-refractivity contribution in [3.05, 3.63) is 70.5 Å². The maximum Gasteiger partial charge on any atom is 0.416 e. The number of aliphatic hydroxyl groups is 1. The number of alkyl halides is 6. The fourth-order valence-electron chi connectivity index (χ4n) is 4.90. The molecule has 4 rings (SSSR count). The molecule has 1 amide bonds. The highest BCUT2D eigenvalue weighted by Gasteiger charge is 2.53. The van der Waals surface area contributed by atoms with Gasteiger partial charge in [0.15, 0.2) is 0 Å². The van der Waals surface area contributed by atoms with Gasteiger partial charge in [0.1, 0.15) is 11.9 Å². The number of carbonyl (C=O) groups is 1. The van der Waals surface area contributed by atoms with Crippen molar-refractivity contribution in [2.75, 3.05) is 6.54 Å². The number of fused-ring (bicyclic) bond motifs is 1. The number of amides is 1. The van der Waals surface area contributed by atoms with Crippen LogP contribution >= 0.6 is 0 Å². The molecular formula is C24H22F7NO3. The van der Waals surface area contributed by atoms with Gasteiger partial charge in [-0.3, -0.25) is 4.79 Å². The summed E-state index contributed by atoms with van der Waals surface area (Å²) in [6, 6.07) is 5.61. The van der Waals surface area contributed by atoms with Crippen LogP contribution in [-0.4, -0.2) is 40.7 Å². The Hall–Kier alpha value is -2.66. The Morgan fingerprint density at radius 1 is 1.00 bits per heavy atom. The van der Waals surface area contributed by atoms with Crippen molar-refractivity contribution in [3.8, 4) is 0 Å². The first kappa shape index (κ1) is 25.4. The summed E-state index contributed by atoms with van der Waals surface area (Å²) in [4.78, 5) is 14.6. The molecule has 4 nitrogen and oxygen atoms in total. The smallest absolute Gasteiger partial charge is 0.391 e. The molecule has 0 radical (unpaired) electrons. The SMILES string of the molecule is C[C@@H](O[C@H]1C(=O)N2CCCC(O)[C@H]2[C@@H]1c1ccc(F)cc1)c1cc(C(F)(F)F)cc(C(F)(F)F)c1. The van der Waals surface area contributed by atoms with Crippen molar-refractivity contribution >= 4 is 5.91 Å². The summed E-state index contributed by atoms with van der Waals surface area (Å²) in [7, 11) is 0. The maximum absolute atomic E-state index is 13.5. The van der Waals surface area contributed by atoms with Crippen LogP contribution in [0.25, 0.3) is 0 Å². The van der Waals surface area contributed by atoms with Crippen LogP contribution in [0.15, 0.2) is 42.5 Å². The second kappa shape index (κ2) is 9.09. The largest absolute Gasteiger partial charge is 0.416 e. The third-order valence-electron chi connectivity index (χ3n) is 6.56. The predicted octanol–water partition coefficient (Wildman–Crippen LogP) is 5.46. The third-order valence-corrected chi connectivity index (χ3v) is 6.56. The summed E-state index contributed by atoms with van der Waals surface area (Å²) >= 11 is 0. The summed E-state index contributed by atoms with van der Waals surface area (Å²) in [5.41, 5.74) is -2.91. The zero-order valence-corrected chi connectivity index (χ0v) is 18.4. The van der Waals surface area contributed by atoms with Crippen molar-refractivity contribution < 1.29 is 45.4 Å². The van der Waals surface area contributed by atoms with E-state index in [1.165, 1.54) is 36.1 Å². The Morgan fingerprint density at radius 3 is 2.11 bits per heavy atom. The first-order valence-electron chi connectivity index (χ1n) is 11.0. The minimum Gasteiger partial charge on any atom is -0.391 e. The molecule has 2 aliphatic heterocycles. The zero-order chi connectivity index (χ0) is 25.7. The van der Waals surface area contributed by atoms with Crippen molar-refractivity contribution in [1.82, 2.24) is 4.90 Å². The minimum atomic E-state index is -5.03. The summed E-state index contributed by atoms with van der Waals surface area (Å²) < 4.78 is 99.2. The van der Waals surface area contributed by atoms with E-state index < -0.39 is 71.0 Å². The predicted molar refractivity (Wildman–Crippen MR) is 110 cm³/mol. The number of halogens is 7. The van der Waals surface area contributed by atoms with Crippen LogP contribution < -0.4 is 0 Å². The fourth-order valence-corrected chi connectivity index (χ4v) is 4.90. The number of rotatable bonds is 4. The molecular weight excluding hydrogens is 483 g/mol. The average Bonchev–Trinajstić information content (AvgIpc) is 3.06. The molecule has 2 saturated heterocycles. The van der Waals surface area contributed by atoms with Crippen molar-refractivity contribution in [2.24, 2.45) is 0 Å². The number of hydrogen-bond donors (Lipinski definition) is 1. The standard InChI is InChI=1S/C24H22F7NO3/c1-12(14-9-15(23(26,27)28)11-16(10-14)24(29,30)31)35-21-19(13-4-6-17(25)7-5-13)20-18(33)3-2-8-32(20)22(21)34/h4-7,9-12,18-21,33H,2-3,8H2,1H3/t12-,18?,19+,20+,21-/m1/s1. The lowest BCUT2D eigenvalue weighted by Gasteiger charge is -2.36. The van der Waals surface area contributed by atoms with E-state index in [0.29, 0.717) is 37.1 Å². The lowest BCUT2D eigenvalue weighted by molar-refractivity contribution is -0.145. The number of aliphatic hydroxyl groups excluding tert-OH is 1. The number of hydrogen-bond acceptors (Lipinski definition) is 3. The zero-order valence-electron chi connectivity index (χ0n) is 18.4. The second-order valence-corrected chi connectivity index (χ2v) is 8.85. The van der Waals surface area contributed by atoms with Crippen LogP contribution in [0.3, 0.4) is 0 Å². The van der Waals surface area contributed by atoms with Crippen molar-refractivity contribution in [2.45, 2.75) is 62.4 Å². The molecule has 2 aliphatic rings. The number of nitrogens with zero attached hydrogens (tertiary/aromatic N) is 1. The van der Waals surface area contributed by atoms with Gasteiger partial charge in [-0.25, -0.2) is 4.39 Å². The topological polar surface area (TPSA) is 49.8 Å². The molecule has 0 aliphatic carbocycles. The van der Waals surface area contributed by atoms with Gasteiger partial charge >= 0.3 is 12.4 Å². The van der Waals surface area contributed by atoms with Gasteiger partial charge in [-0.1, -0.05) is 12.1 Å². The van der Waals surface area contributed by atoms with Crippen LogP contribution in [0.4, 0.5) is 30.7 Å². The Balaban J connectivity index is 1.72. The number of benzene rings is 2. The molecule has 35 heavy (non-hydrogen) atoms. The van der Waals surface area contributed by atoms with E-state index in [1.54, 1.807) is 0 Å². The molecule has 0 saturated carbocycles. The van der Waals surface area contributed by atoms with E-state index in [2.05, 4.69) is 0 Å². The summed E-state index contributed by atoms with van der Waals surface area (Å²) in [6.45, 7) is 1.58. The highest BCUT2D eigenvalue weighted by Crippen LogP contribution is 2.44. The molecule has 5 atom stereocenters. The third kappa shape index (κ3) is 5.02. The molecule has 190 valence electrons. The summed E-state index contributed by atoms with van der Waals surface area (Å²) in [5.74, 6) is -1.86. The van der Waals surface area contributed by atoms with E-state index in [0.717, 1.165) is 0 Å². The van der Waals surface area contributed by atoms with Gasteiger partial charge in [-0.2, -0.15) is 26.3 Å². The first-order chi connectivity index (χ1) is 16.3. The average molecular weight is 505 g/mol. The Kier molecular flexibility index (Phi) is 6.60. The molecule has 2 fully saturated rings. The van der Waals surface area contributed by atoms with E-state index in [4.69, 9.17) is 4.74 Å². The number of carbonyl (C=O) groups excluding carboxylic acids is 1. The molecule has 0 bridgehead atoms. The van der Waals surface area contributed by atoms with Crippen molar-refractivity contribution in [3.63, 3.8) is 0 Å². The van der Waals surface area contributed by atoms with Crippen molar-refractivity contribution in [1.29, 1.82) is 0 Å². The second-order valence-electron chi connectivity index (χ2n) is 8.85. The minimum absolute atomic E-state index is 0.0227. The molecule has 1 unspecified atom stereocenters. The molecule has 2 aromatic rings. The highest BCUT2D eigenvalue weighted by atomic mass is 19.4. The quantitative estimate of drug-likeness (QED) is 0.562. The summed E-state index contributed by atoms with van der Waals surface area (Å²) in [6.07, 6.45) is -12.7. The molecule has 0 aromatic heterocycles. The van der Waals surface area contributed by atoms with Crippen LogP contribution in [0.2, 0.25) is 0 Å². The normalized spacial score (nSPS) is 26.1. The molecule has 2 aromatic carbocycles. The van der Waals surface area contributed by atoms with E-state index in [1.807, 2.05) is 0 Å². The van der Waals surface area contributed by atoms with Crippen LogP contribution in [0.5, 0.6) is 0 Å². The fraction of sp³-hybridized carbons (Fsp3) is 0.458. The summed E-state index contributed by atoms with van der Waals surface area (Å²) in [5, 5.41) is 10.6.